The topological polar surface area (TPSA) is 32.8 Å². The molecular weight excluding hydrogens is 288 g/mol. The van der Waals surface area contributed by atoms with Crippen molar-refractivity contribution in [3.05, 3.63) is 35.4 Å². The lowest BCUT2D eigenvalue weighted by Gasteiger charge is -2.44. The highest BCUT2D eigenvalue weighted by Gasteiger charge is 2.28. The Morgan fingerprint density at radius 1 is 1.17 bits per heavy atom. The van der Waals surface area contributed by atoms with Crippen LogP contribution in [0.3, 0.4) is 0 Å². The van der Waals surface area contributed by atoms with Crippen molar-refractivity contribution in [3.63, 3.8) is 0 Å². The van der Waals surface area contributed by atoms with Crippen molar-refractivity contribution in [1.29, 1.82) is 0 Å². The number of hydrogen-bond donors (Lipinski definition) is 0. The van der Waals surface area contributed by atoms with Gasteiger partial charge in [0.2, 0.25) is 0 Å². The lowest BCUT2D eigenvalue weighted by molar-refractivity contribution is 0.0323. The van der Waals surface area contributed by atoms with Crippen LogP contribution in [0.15, 0.2) is 24.3 Å². The largest absolute Gasteiger partial charge is 0.465 e. The first-order valence-electron chi connectivity index (χ1n) is 8.70. The van der Waals surface area contributed by atoms with Gasteiger partial charge in [-0.2, -0.15) is 0 Å². The van der Waals surface area contributed by atoms with Gasteiger partial charge in [-0.15, -0.1) is 0 Å². The predicted octanol–water partition coefficient (Wildman–Crippen LogP) is 3.17. The molecule has 1 aliphatic heterocycles. The zero-order valence-electron chi connectivity index (χ0n) is 14.9. The lowest BCUT2D eigenvalue weighted by Crippen LogP contribution is -2.56. The summed E-state index contributed by atoms with van der Waals surface area (Å²) in [7, 11) is 1.41. The first-order valence-corrected chi connectivity index (χ1v) is 8.70. The Balaban J connectivity index is 1.95. The third-order valence-electron chi connectivity index (χ3n) is 4.75. The van der Waals surface area contributed by atoms with Gasteiger partial charge in [0.05, 0.1) is 12.7 Å². The van der Waals surface area contributed by atoms with E-state index in [1.807, 2.05) is 24.3 Å². The van der Waals surface area contributed by atoms with E-state index in [1.165, 1.54) is 32.1 Å². The molecule has 23 heavy (non-hydrogen) atoms. The van der Waals surface area contributed by atoms with Crippen LogP contribution in [0.5, 0.6) is 0 Å². The van der Waals surface area contributed by atoms with Crippen molar-refractivity contribution in [2.45, 2.75) is 52.2 Å². The molecule has 0 radical (unpaired) electrons. The second-order valence-corrected chi connectivity index (χ2v) is 6.67. The Morgan fingerprint density at radius 2 is 1.78 bits per heavy atom. The van der Waals surface area contributed by atoms with Gasteiger partial charge in [0.25, 0.3) is 0 Å². The fraction of sp³-hybridized carbons (Fsp3) is 0.632. The first-order chi connectivity index (χ1) is 11.0. The molecule has 2 rings (SSSR count). The normalized spacial score (nSPS) is 23.0. The maximum Gasteiger partial charge on any atom is 0.337 e. The van der Waals surface area contributed by atoms with Crippen molar-refractivity contribution < 1.29 is 9.53 Å². The quantitative estimate of drug-likeness (QED) is 0.754. The highest BCUT2D eigenvalue weighted by atomic mass is 16.5. The van der Waals surface area contributed by atoms with Crippen molar-refractivity contribution in [2.75, 3.05) is 26.7 Å². The number of ether oxygens (including phenoxy) is 1. The molecule has 0 aliphatic carbocycles. The van der Waals surface area contributed by atoms with Crippen LogP contribution in [0.2, 0.25) is 0 Å². The molecule has 4 heteroatoms. The molecule has 2 atom stereocenters. The van der Waals surface area contributed by atoms with Gasteiger partial charge in [-0.3, -0.25) is 4.90 Å². The van der Waals surface area contributed by atoms with Gasteiger partial charge in [0.15, 0.2) is 0 Å². The average molecular weight is 318 g/mol. The monoisotopic (exact) mass is 318 g/mol. The summed E-state index contributed by atoms with van der Waals surface area (Å²) in [5.74, 6) is -0.275. The summed E-state index contributed by atoms with van der Waals surface area (Å²) in [6.07, 6.45) is 2.55. The molecule has 128 valence electrons. The van der Waals surface area contributed by atoms with E-state index >= 15 is 0 Å². The molecule has 1 saturated heterocycles. The Labute approximate surface area is 140 Å². The van der Waals surface area contributed by atoms with E-state index in [9.17, 15) is 4.79 Å². The van der Waals surface area contributed by atoms with Gasteiger partial charge in [0.1, 0.15) is 0 Å². The minimum atomic E-state index is -0.275. The second kappa shape index (κ2) is 8.46. The number of esters is 1. The highest BCUT2D eigenvalue weighted by Crippen LogP contribution is 2.19. The Bertz CT molecular complexity index is 489. The Kier molecular flexibility index (Phi) is 6.60. The molecule has 0 N–H and O–H groups in total. The van der Waals surface area contributed by atoms with E-state index in [1.54, 1.807) is 0 Å². The van der Waals surface area contributed by atoms with Crippen LogP contribution in [0.4, 0.5) is 0 Å². The van der Waals surface area contributed by atoms with Gasteiger partial charge in [-0.1, -0.05) is 25.5 Å². The third-order valence-corrected chi connectivity index (χ3v) is 4.75. The molecule has 1 fully saturated rings. The Morgan fingerprint density at radius 3 is 2.30 bits per heavy atom. The van der Waals surface area contributed by atoms with Crippen LogP contribution in [-0.2, 0) is 11.3 Å². The summed E-state index contributed by atoms with van der Waals surface area (Å²) in [4.78, 5) is 16.7. The van der Waals surface area contributed by atoms with E-state index < -0.39 is 0 Å². The minimum absolute atomic E-state index is 0.275. The molecule has 0 amide bonds. The number of benzene rings is 1. The lowest BCUT2D eigenvalue weighted by atomic mass is 10.0. The zero-order chi connectivity index (χ0) is 16.8. The summed E-state index contributed by atoms with van der Waals surface area (Å²) >= 11 is 0. The number of unbranched alkanes of at least 4 members (excludes halogenated alkanes) is 1. The molecule has 1 aromatic carbocycles. The number of rotatable bonds is 6. The standard InChI is InChI=1S/C19H30N2O2/c1-5-6-11-20-12-15(2)21(16(3)13-20)14-17-7-9-18(10-8-17)19(22)23-4/h7-10,15-16H,5-6,11-14H2,1-4H3/t15-,16+. The SMILES string of the molecule is CCCCN1C[C@@H](C)N(Cc2ccc(C(=O)OC)cc2)[C@@H](C)C1. The fourth-order valence-corrected chi connectivity index (χ4v) is 3.42. The van der Waals surface area contributed by atoms with E-state index in [0.717, 1.165) is 19.6 Å². The molecule has 0 spiro atoms. The van der Waals surface area contributed by atoms with Gasteiger partial charge < -0.3 is 9.64 Å². The van der Waals surface area contributed by atoms with Crippen molar-refractivity contribution in [1.82, 2.24) is 9.80 Å². The maximum atomic E-state index is 11.5. The van der Waals surface area contributed by atoms with E-state index in [4.69, 9.17) is 4.74 Å². The number of hydrogen-bond acceptors (Lipinski definition) is 4. The summed E-state index contributed by atoms with van der Waals surface area (Å²) in [6.45, 7) is 11.3. The van der Waals surface area contributed by atoms with Gasteiger partial charge in [0, 0.05) is 31.7 Å². The molecular formula is C19H30N2O2. The number of carbonyl (C=O) groups is 1. The summed E-state index contributed by atoms with van der Waals surface area (Å²) in [5, 5.41) is 0. The smallest absolute Gasteiger partial charge is 0.337 e. The Hall–Kier alpha value is -1.39. The molecule has 1 aromatic rings. The minimum Gasteiger partial charge on any atom is -0.465 e. The number of carbonyl (C=O) groups excluding carboxylic acids is 1. The van der Waals surface area contributed by atoms with Crippen LogP contribution < -0.4 is 0 Å². The van der Waals surface area contributed by atoms with Crippen LogP contribution in [0.1, 0.15) is 49.5 Å². The summed E-state index contributed by atoms with van der Waals surface area (Å²) in [6, 6.07) is 8.89. The molecule has 0 aromatic heterocycles. The van der Waals surface area contributed by atoms with Crippen molar-refractivity contribution in [2.24, 2.45) is 0 Å². The van der Waals surface area contributed by atoms with Crippen LogP contribution in [0.25, 0.3) is 0 Å². The molecule has 0 bridgehead atoms. The maximum absolute atomic E-state index is 11.5. The molecule has 0 unspecified atom stereocenters. The summed E-state index contributed by atoms with van der Waals surface area (Å²) < 4.78 is 4.75. The van der Waals surface area contributed by atoms with Crippen LogP contribution >= 0.6 is 0 Å². The van der Waals surface area contributed by atoms with E-state index in [0.29, 0.717) is 17.6 Å². The van der Waals surface area contributed by atoms with E-state index in [2.05, 4.69) is 30.6 Å². The number of piperazine rings is 1. The number of methoxy groups -OCH3 is 1. The second-order valence-electron chi connectivity index (χ2n) is 6.67. The molecule has 0 saturated carbocycles. The highest BCUT2D eigenvalue weighted by molar-refractivity contribution is 5.89. The molecule has 1 aliphatic rings. The van der Waals surface area contributed by atoms with Gasteiger partial charge in [-0.25, -0.2) is 4.79 Å². The third kappa shape index (κ3) is 4.79. The van der Waals surface area contributed by atoms with Crippen molar-refractivity contribution >= 4 is 5.97 Å². The predicted molar refractivity (Wildman–Crippen MR) is 93.6 cm³/mol. The zero-order valence-corrected chi connectivity index (χ0v) is 14.9. The van der Waals surface area contributed by atoms with Crippen LogP contribution in [-0.4, -0.2) is 54.6 Å². The van der Waals surface area contributed by atoms with E-state index in [-0.39, 0.29) is 5.97 Å². The molecule has 4 nitrogen and oxygen atoms in total. The van der Waals surface area contributed by atoms with Gasteiger partial charge >= 0.3 is 5.97 Å². The average Bonchev–Trinajstić information content (AvgIpc) is 2.56. The first kappa shape index (κ1) is 18.0. The van der Waals surface area contributed by atoms with Gasteiger partial charge in [-0.05, 0) is 44.5 Å². The van der Waals surface area contributed by atoms with Crippen molar-refractivity contribution in [3.8, 4) is 0 Å². The fourth-order valence-electron chi connectivity index (χ4n) is 3.42. The van der Waals surface area contributed by atoms with Crippen LogP contribution in [0, 0.1) is 0 Å². The molecule has 1 heterocycles. The number of nitrogens with zero attached hydrogens (tertiary/aromatic N) is 2. The summed E-state index contributed by atoms with van der Waals surface area (Å²) in [5.41, 5.74) is 1.86.